The summed E-state index contributed by atoms with van der Waals surface area (Å²) in [6.07, 6.45) is 9.44. The Morgan fingerprint density at radius 2 is 1.97 bits per heavy atom. The van der Waals surface area contributed by atoms with Crippen LogP contribution < -0.4 is 16.4 Å². The SMILES string of the molecule is Cc1ccc(F)c2cc(C(=O)Nc3cccc(N/C4=C/C=C\C/C(N)=C/C4)c3)[nH]c12. The Kier molecular flexibility index (Phi) is 5.39. The molecule has 0 bridgehead atoms. The van der Waals surface area contributed by atoms with Crippen LogP contribution in [0.15, 0.2) is 78.2 Å². The highest BCUT2D eigenvalue weighted by atomic mass is 19.1. The van der Waals surface area contributed by atoms with Gasteiger partial charge in [0, 0.05) is 41.0 Å². The van der Waals surface area contributed by atoms with Gasteiger partial charge in [0.15, 0.2) is 0 Å². The normalized spacial score (nSPS) is 18.5. The number of nitrogens with two attached hydrogens (primary N) is 1. The van der Waals surface area contributed by atoms with Crippen molar-refractivity contribution in [2.24, 2.45) is 5.73 Å². The van der Waals surface area contributed by atoms with E-state index in [1.165, 1.54) is 12.1 Å². The first kappa shape index (κ1) is 19.5. The number of hydrogen-bond donors (Lipinski definition) is 4. The highest BCUT2D eigenvalue weighted by Crippen LogP contribution is 2.24. The van der Waals surface area contributed by atoms with E-state index in [0.717, 1.165) is 29.1 Å². The lowest BCUT2D eigenvalue weighted by Gasteiger charge is -2.12. The van der Waals surface area contributed by atoms with Gasteiger partial charge in [-0.2, -0.15) is 0 Å². The average molecular weight is 402 g/mol. The van der Waals surface area contributed by atoms with E-state index < -0.39 is 0 Å². The minimum atomic E-state index is -0.353. The highest BCUT2D eigenvalue weighted by molar-refractivity contribution is 6.06. The Morgan fingerprint density at radius 3 is 2.80 bits per heavy atom. The Labute approximate surface area is 174 Å². The molecule has 3 aromatic rings. The number of aromatic nitrogens is 1. The summed E-state index contributed by atoms with van der Waals surface area (Å²) in [6, 6.07) is 12.1. The molecule has 152 valence electrons. The first-order chi connectivity index (χ1) is 14.5. The molecule has 0 saturated heterocycles. The predicted molar refractivity (Wildman–Crippen MR) is 120 cm³/mol. The number of carbonyl (C=O) groups excluding carboxylic acids is 1. The monoisotopic (exact) mass is 402 g/mol. The maximum absolute atomic E-state index is 14.0. The zero-order chi connectivity index (χ0) is 21.1. The lowest BCUT2D eigenvalue weighted by Crippen LogP contribution is -2.12. The van der Waals surface area contributed by atoms with Gasteiger partial charge in [0.05, 0.1) is 5.52 Å². The number of carbonyl (C=O) groups is 1. The molecule has 5 N–H and O–H groups in total. The lowest BCUT2D eigenvalue weighted by atomic mass is 10.1. The van der Waals surface area contributed by atoms with Gasteiger partial charge in [-0.3, -0.25) is 4.79 Å². The van der Waals surface area contributed by atoms with Crippen LogP contribution in [0.4, 0.5) is 15.8 Å². The van der Waals surface area contributed by atoms with E-state index in [0.29, 0.717) is 28.7 Å². The fourth-order valence-corrected chi connectivity index (χ4v) is 3.38. The number of benzene rings is 2. The molecule has 30 heavy (non-hydrogen) atoms. The molecule has 0 radical (unpaired) electrons. The molecule has 5 nitrogen and oxygen atoms in total. The number of halogens is 1. The number of H-pyrrole nitrogens is 1. The Balaban J connectivity index is 1.51. The molecule has 1 aliphatic carbocycles. The number of nitrogens with one attached hydrogen (secondary N) is 3. The summed E-state index contributed by atoms with van der Waals surface area (Å²) in [6.45, 7) is 1.87. The molecule has 1 aliphatic rings. The molecular formula is C24H23FN4O. The van der Waals surface area contributed by atoms with Crippen molar-refractivity contribution in [3.8, 4) is 0 Å². The van der Waals surface area contributed by atoms with E-state index >= 15 is 0 Å². The van der Waals surface area contributed by atoms with Crippen LogP contribution in [-0.4, -0.2) is 10.9 Å². The molecule has 0 fully saturated rings. The van der Waals surface area contributed by atoms with Crippen LogP contribution in [0.2, 0.25) is 0 Å². The van der Waals surface area contributed by atoms with Crippen LogP contribution in [0.5, 0.6) is 0 Å². The average Bonchev–Trinajstić information content (AvgIpc) is 3.18. The fraction of sp³-hybridized carbons (Fsp3) is 0.125. The van der Waals surface area contributed by atoms with Gasteiger partial charge in [-0.1, -0.05) is 30.4 Å². The third-order valence-corrected chi connectivity index (χ3v) is 4.99. The molecule has 0 unspecified atom stereocenters. The van der Waals surface area contributed by atoms with Crippen molar-refractivity contribution in [2.45, 2.75) is 19.8 Å². The topological polar surface area (TPSA) is 82.9 Å². The molecule has 1 heterocycles. The largest absolute Gasteiger partial charge is 0.402 e. The van der Waals surface area contributed by atoms with E-state index in [2.05, 4.69) is 15.6 Å². The van der Waals surface area contributed by atoms with Crippen LogP contribution in [0.1, 0.15) is 28.9 Å². The highest BCUT2D eigenvalue weighted by Gasteiger charge is 2.14. The smallest absolute Gasteiger partial charge is 0.272 e. The van der Waals surface area contributed by atoms with Gasteiger partial charge in [0.1, 0.15) is 11.5 Å². The Morgan fingerprint density at radius 1 is 1.13 bits per heavy atom. The Hall–Kier alpha value is -3.80. The summed E-state index contributed by atoms with van der Waals surface area (Å²) in [4.78, 5) is 15.7. The molecule has 0 spiro atoms. The van der Waals surface area contributed by atoms with Crippen molar-refractivity contribution >= 4 is 28.2 Å². The van der Waals surface area contributed by atoms with Gasteiger partial charge < -0.3 is 21.4 Å². The van der Waals surface area contributed by atoms with E-state index in [-0.39, 0.29) is 11.7 Å². The molecule has 6 heteroatoms. The van der Waals surface area contributed by atoms with Gasteiger partial charge in [-0.25, -0.2) is 4.39 Å². The number of aromatic amines is 1. The third-order valence-electron chi connectivity index (χ3n) is 4.99. The summed E-state index contributed by atoms with van der Waals surface area (Å²) in [5.74, 6) is -0.681. The van der Waals surface area contributed by atoms with Crippen molar-refractivity contribution < 1.29 is 9.18 Å². The van der Waals surface area contributed by atoms with Crippen LogP contribution >= 0.6 is 0 Å². The number of hydrogen-bond acceptors (Lipinski definition) is 3. The first-order valence-corrected chi connectivity index (χ1v) is 9.76. The molecule has 4 rings (SSSR count). The maximum atomic E-state index is 14.0. The number of aryl methyl sites for hydroxylation is 1. The number of fused-ring (bicyclic) bond motifs is 1. The fourth-order valence-electron chi connectivity index (χ4n) is 3.38. The standard InChI is InChI=1S/C24H23FN4O/c1-15-9-12-21(25)20-14-22(29-23(15)20)24(30)28-19-8-4-7-18(13-19)27-17-6-3-2-5-16(26)10-11-17/h2-4,6-10,12-14,27,29H,5,11,26H2,1H3,(H,28,30)/b3-2-,16-10-,17-6+. The van der Waals surface area contributed by atoms with Gasteiger partial charge in [-0.15, -0.1) is 0 Å². The predicted octanol–water partition coefficient (Wildman–Crippen LogP) is 5.36. The minimum Gasteiger partial charge on any atom is -0.402 e. The quantitative estimate of drug-likeness (QED) is 0.474. The minimum absolute atomic E-state index is 0.310. The van der Waals surface area contributed by atoms with Crippen molar-refractivity contribution in [2.75, 3.05) is 10.6 Å². The van der Waals surface area contributed by atoms with Gasteiger partial charge in [-0.05, 0) is 48.9 Å². The van der Waals surface area contributed by atoms with E-state index in [4.69, 9.17) is 5.73 Å². The summed E-state index contributed by atoms with van der Waals surface area (Å²) < 4.78 is 14.0. The number of anilines is 2. The number of amides is 1. The molecule has 0 aliphatic heterocycles. The third kappa shape index (κ3) is 4.27. The van der Waals surface area contributed by atoms with Crippen LogP contribution in [0.25, 0.3) is 10.9 Å². The van der Waals surface area contributed by atoms with Crippen molar-refractivity contribution in [1.82, 2.24) is 4.98 Å². The van der Waals surface area contributed by atoms with Crippen molar-refractivity contribution in [3.63, 3.8) is 0 Å². The van der Waals surface area contributed by atoms with Crippen molar-refractivity contribution in [1.29, 1.82) is 0 Å². The number of allylic oxidation sites excluding steroid dienone is 4. The summed E-state index contributed by atoms with van der Waals surface area (Å²) in [7, 11) is 0. The molecule has 1 amide bonds. The van der Waals surface area contributed by atoms with Gasteiger partial charge in [0.2, 0.25) is 0 Å². The van der Waals surface area contributed by atoms with Gasteiger partial charge in [0.25, 0.3) is 5.91 Å². The van der Waals surface area contributed by atoms with E-state index in [1.807, 2.05) is 55.5 Å². The maximum Gasteiger partial charge on any atom is 0.272 e. The van der Waals surface area contributed by atoms with Crippen LogP contribution in [-0.2, 0) is 0 Å². The second-order valence-corrected chi connectivity index (χ2v) is 7.30. The summed E-state index contributed by atoms with van der Waals surface area (Å²) in [5.41, 5.74) is 11.1. The second kappa shape index (κ2) is 8.29. The lowest BCUT2D eigenvalue weighted by molar-refractivity contribution is 0.102. The summed E-state index contributed by atoms with van der Waals surface area (Å²) >= 11 is 0. The van der Waals surface area contributed by atoms with Crippen molar-refractivity contribution in [3.05, 3.63) is 95.2 Å². The van der Waals surface area contributed by atoms with Crippen LogP contribution in [0.3, 0.4) is 0 Å². The zero-order valence-electron chi connectivity index (χ0n) is 16.6. The molecule has 0 atom stereocenters. The molecule has 0 saturated carbocycles. The second-order valence-electron chi connectivity index (χ2n) is 7.30. The number of rotatable bonds is 4. The Bertz CT molecular complexity index is 1160. The zero-order valence-corrected chi connectivity index (χ0v) is 16.6. The van der Waals surface area contributed by atoms with Gasteiger partial charge >= 0.3 is 0 Å². The summed E-state index contributed by atoms with van der Waals surface area (Å²) in [5, 5.41) is 6.64. The molecular weight excluding hydrogens is 379 g/mol. The first-order valence-electron chi connectivity index (χ1n) is 9.76. The molecule has 1 aromatic heterocycles. The van der Waals surface area contributed by atoms with E-state index in [1.54, 1.807) is 6.07 Å². The molecule has 2 aromatic carbocycles. The van der Waals surface area contributed by atoms with Crippen LogP contribution in [0, 0.1) is 12.7 Å². The van der Waals surface area contributed by atoms with E-state index in [9.17, 15) is 9.18 Å².